The predicted molar refractivity (Wildman–Crippen MR) is 59.8 cm³/mol. The molecule has 0 bridgehead atoms. The van der Waals surface area contributed by atoms with Crippen LogP contribution in [0.1, 0.15) is 0 Å². The number of benzene rings is 1. The summed E-state index contributed by atoms with van der Waals surface area (Å²) in [6.45, 7) is 0. The minimum absolute atomic E-state index is 0.470. The Labute approximate surface area is 96.3 Å². The van der Waals surface area contributed by atoms with Gasteiger partial charge in [0.2, 0.25) is 5.95 Å². The number of aromatic nitrogens is 1. The van der Waals surface area contributed by atoms with Crippen LogP contribution < -0.4 is 0 Å². The maximum Gasteiger partial charge on any atom is 0.213 e. The van der Waals surface area contributed by atoms with E-state index < -0.39 is 5.95 Å². The first kappa shape index (κ1) is 10.5. The van der Waals surface area contributed by atoms with E-state index in [1.807, 2.05) is 18.2 Å². The first-order chi connectivity index (χ1) is 7.24. The number of pyridine rings is 1. The smallest absolute Gasteiger partial charge is 0.213 e. The maximum absolute atomic E-state index is 12.8. The minimum atomic E-state index is -0.470. The molecule has 0 spiro atoms. The van der Waals surface area contributed by atoms with Crippen molar-refractivity contribution in [2.75, 3.05) is 0 Å². The van der Waals surface area contributed by atoms with Crippen LogP contribution in [0.2, 0.25) is 5.02 Å². The molecule has 15 heavy (non-hydrogen) atoms. The Hall–Kier alpha value is -1.06. The summed E-state index contributed by atoms with van der Waals surface area (Å²) in [5, 5.41) is 0.675. The normalized spacial score (nSPS) is 10.3. The van der Waals surface area contributed by atoms with Crippen molar-refractivity contribution in [1.82, 2.24) is 4.98 Å². The third kappa shape index (κ3) is 2.94. The topological polar surface area (TPSA) is 12.9 Å². The zero-order valence-electron chi connectivity index (χ0n) is 7.65. The highest BCUT2D eigenvalue weighted by Crippen LogP contribution is 2.28. The summed E-state index contributed by atoms with van der Waals surface area (Å²) in [5.74, 6) is -0.470. The summed E-state index contributed by atoms with van der Waals surface area (Å²) >= 11 is 7.29. The first-order valence-electron chi connectivity index (χ1n) is 4.29. The molecular formula is C11H7ClFNS. The van der Waals surface area contributed by atoms with E-state index >= 15 is 0 Å². The molecule has 1 aromatic heterocycles. The quantitative estimate of drug-likeness (QED) is 0.734. The summed E-state index contributed by atoms with van der Waals surface area (Å²) < 4.78 is 12.8. The summed E-state index contributed by atoms with van der Waals surface area (Å²) in [5.41, 5.74) is 0. The zero-order chi connectivity index (χ0) is 10.7. The van der Waals surface area contributed by atoms with Gasteiger partial charge in [0.1, 0.15) is 0 Å². The molecule has 2 aromatic rings. The van der Waals surface area contributed by atoms with Crippen LogP contribution in [0.5, 0.6) is 0 Å². The summed E-state index contributed by atoms with van der Waals surface area (Å²) in [6, 6.07) is 10.6. The fourth-order valence-corrected chi connectivity index (χ4v) is 2.26. The fourth-order valence-electron chi connectivity index (χ4n) is 1.11. The van der Waals surface area contributed by atoms with Crippen LogP contribution in [-0.2, 0) is 0 Å². The Morgan fingerprint density at radius 1 is 1.13 bits per heavy atom. The van der Waals surface area contributed by atoms with E-state index in [1.54, 1.807) is 12.1 Å². The van der Waals surface area contributed by atoms with Gasteiger partial charge in [-0.25, -0.2) is 4.98 Å². The summed E-state index contributed by atoms with van der Waals surface area (Å²) in [4.78, 5) is 5.28. The Morgan fingerprint density at radius 2 is 1.93 bits per heavy atom. The molecule has 0 aliphatic heterocycles. The third-order valence-electron chi connectivity index (χ3n) is 1.73. The molecule has 0 aliphatic rings. The van der Waals surface area contributed by atoms with Gasteiger partial charge in [0.25, 0.3) is 0 Å². The highest BCUT2D eigenvalue weighted by molar-refractivity contribution is 7.99. The van der Waals surface area contributed by atoms with E-state index in [9.17, 15) is 4.39 Å². The lowest BCUT2D eigenvalue weighted by atomic mass is 10.4. The lowest BCUT2D eigenvalue weighted by Crippen LogP contribution is -1.81. The monoisotopic (exact) mass is 239 g/mol. The van der Waals surface area contributed by atoms with Crippen molar-refractivity contribution >= 4 is 23.4 Å². The van der Waals surface area contributed by atoms with Crippen LogP contribution in [-0.4, -0.2) is 4.98 Å². The molecule has 0 saturated heterocycles. The molecule has 0 aliphatic carbocycles. The van der Waals surface area contributed by atoms with Gasteiger partial charge in [-0.3, -0.25) is 0 Å². The van der Waals surface area contributed by atoms with Crippen LogP contribution >= 0.6 is 23.4 Å². The summed E-state index contributed by atoms with van der Waals surface area (Å²) in [6.07, 6.45) is 1.45. The Balaban J connectivity index is 2.22. The van der Waals surface area contributed by atoms with Gasteiger partial charge in [0.05, 0.1) is 0 Å². The highest BCUT2D eigenvalue weighted by Gasteiger charge is 1.99. The lowest BCUT2D eigenvalue weighted by molar-refractivity contribution is 0.579. The van der Waals surface area contributed by atoms with Crippen LogP contribution in [0.3, 0.4) is 0 Å². The molecule has 0 radical (unpaired) electrons. The van der Waals surface area contributed by atoms with Gasteiger partial charge < -0.3 is 0 Å². The second kappa shape index (κ2) is 4.64. The molecule has 4 heteroatoms. The van der Waals surface area contributed by atoms with E-state index in [0.29, 0.717) is 5.02 Å². The molecule has 2 rings (SSSR count). The van der Waals surface area contributed by atoms with Crippen molar-refractivity contribution in [3.63, 3.8) is 0 Å². The summed E-state index contributed by atoms with van der Waals surface area (Å²) in [7, 11) is 0. The van der Waals surface area contributed by atoms with Crippen molar-refractivity contribution in [2.45, 2.75) is 9.79 Å². The highest BCUT2D eigenvalue weighted by atomic mass is 35.5. The van der Waals surface area contributed by atoms with Gasteiger partial charge >= 0.3 is 0 Å². The van der Waals surface area contributed by atoms with Gasteiger partial charge in [-0.05, 0) is 24.3 Å². The molecule has 0 saturated carbocycles. The molecule has 0 amide bonds. The largest absolute Gasteiger partial charge is 0.228 e. The second-order valence-electron chi connectivity index (χ2n) is 2.87. The van der Waals surface area contributed by atoms with E-state index in [4.69, 9.17) is 11.6 Å². The van der Waals surface area contributed by atoms with Crippen LogP contribution in [0.25, 0.3) is 0 Å². The fraction of sp³-hybridized carbons (Fsp3) is 0. The lowest BCUT2D eigenvalue weighted by Gasteiger charge is -2.01. The van der Waals surface area contributed by atoms with Crippen LogP contribution in [0, 0.1) is 5.95 Å². The minimum Gasteiger partial charge on any atom is -0.228 e. The Kier molecular flexibility index (Phi) is 3.23. The van der Waals surface area contributed by atoms with Gasteiger partial charge in [-0.1, -0.05) is 29.4 Å². The van der Waals surface area contributed by atoms with Gasteiger partial charge in [0, 0.05) is 27.1 Å². The van der Waals surface area contributed by atoms with Crippen LogP contribution in [0.15, 0.2) is 52.4 Å². The van der Waals surface area contributed by atoms with E-state index in [0.717, 1.165) is 9.79 Å². The van der Waals surface area contributed by atoms with Crippen molar-refractivity contribution in [1.29, 1.82) is 0 Å². The average molecular weight is 240 g/mol. The second-order valence-corrected chi connectivity index (χ2v) is 4.46. The van der Waals surface area contributed by atoms with Gasteiger partial charge in [-0.2, -0.15) is 4.39 Å². The molecular weight excluding hydrogens is 233 g/mol. The molecule has 1 heterocycles. The first-order valence-corrected chi connectivity index (χ1v) is 5.48. The molecule has 0 N–H and O–H groups in total. The molecule has 0 atom stereocenters. The number of rotatable bonds is 2. The maximum atomic E-state index is 12.8. The Bertz CT molecular complexity index is 432. The zero-order valence-corrected chi connectivity index (χ0v) is 9.23. The van der Waals surface area contributed by atoms with E-state index in [-0.39, 0.29) is 0 Å². The van der Waals surface area contributed by atoms with Crippen LogP contribution in [0.4, 0.5) is 4.39 Å². The van der Waals surface area contributed by atoms with Gasteiger partial charge in [-0.15, -0.1) is 0 Å². The number of hydrogen-bond donors (Lipinski definition) is 0. The molecule has 0 fully saturated rings. The molecule has 1 aromatic carbocycles. The number of nitrogens with zero attached hydrogens (tertiary/aromatic N) is 1. The van der Waals surface area contributed by atoms with Crippen molar-refractivity contribution in [3.05, 3.63) is 53.6 Å². The van der Waals surface area contributed by atoms with Gasteiger partial charge in [0.15, 0.2) is 0 Å². The van der Waals surface area contributed by atoms with Crippen molar-refractivity contribution in [3.8, 4) is 0 Å². The standard InChI is InChI=1S/C11H7ClFNS/c12-8-2-1-3-9(6-8)15-10-4-5-14-11(13)7-10/h1-7H. The van der Waals surface area contributed by atoms with E-state index in [1.165, 1.54) is 24.0 Å². The molecule has 76 valence electrons. The van der Waals surface area contributed by atoms with E-state index in [2.05, 4.69) is 4.98 Å². The number of hydrogen-bond acceptors (Lipinski definition) is 2. The third-order valence-corrected chi connectivity index (χ3v) is 2.94. The number of halogens is 2. The average Bonchev–Trinajstić information content (AvgIpc) is 2.17. The SMILES string of the molecule is Fc1cc(Sc2cccc(Cl)c2)ccn1. The molecule has 1 nitrogen and oxygen atoms in total. The molecule has 0 unspecified atom stereocenters. The van der Waals surface area contributed by atoms with Crippen molar-refractivity contribution < 1.29 is 4.39 Å². The predicted octanol–water partition coefficient (Wildman–Crippen LogP) is 4.03. The Morgan fingerprint density at radius 3 is 2.67 bits per heavy atom. The van der Waals surface area contributed by atoms with Crippen molar-refractivity contribution in [2.24, 2.45) is 0 Å².